The minimum atomic E-state index is -5.33. The van der Waals surface area contributed by atoms with E-state index in [1.165, 1.54) is 4.72 Å². The van der Waals surface area contributed by atoms with Gasteiger partial charge < -0.3 is 39.0 Å². The first-order chi connectivity index (χ1) is 16.3. The molecular formula is C14H25NO18S3. The van der Waals surface area contributed by atoms with Crippen molar-refractivity contribution in [2.75, 3.05) is 20.0 Å². The van der Waals surface area contributed by atoms with Gasteiger partial charge in [0.05, 0.1) is 0 Å². The molecule has 0 bridgehead atoms. The molecule has 36 heavy (non-hydrogen) atoms. The van der Waals surface area contributed by atoms with E-state index in [1.54, 1.807) is 0 Å². The van der Waals surface area contributed by atoms with Crippen LogP contribution in [0.15, 0.2) is 0 Å². The number of ether oxygens (including phenoxy) is 5. The van der Waals surface area contributed by atoms with Gasteiger partial charge in [-0.3, -0.25) is 13.7 Å². The predicted octanol–water partition coefficient (Wildman–Crippen LogP) is -4.81. The SMILES string of the molecule is CO[C@@H]1OC(CS(=O)(=O)O)[C@@H](O[C@@H]2OC(C(=O)O)[C@@H](OC)[C@H](O)C2S(=O)(=O)O)[C@H](O)C1NS(=O)(=O)O. The van der Waals surface area contributed by atoms with Gasteiger partial charge in [-0.2, -0.15) is 30.0 Å². The summed E-state index contributed by atoms with van der Waals surface area (Å²) in [7, 11) is -13.5. The number of methoxy groups -OCH3 is 2. The molecule has 2 heterocycles. The van der Waals surface area contributed by atoms with Crippen molar-refractivity contribution in [2.24, 2.45) is 0 Å². The summed E-state index contributed by atoms with van der Waals surface area (Å²) >= 11 is 0. The first-order valence-electron chi connectivity index (χ1n) is 9.57. The summed E-state index contributed by atoms with van der Waals surface area (Å²) in [6, 6.07) is -1.95. The molecule has 0 aromatic rings. The molecule has 0 radical (unpaired) electrons. The molecule has 22 heteroatoms. The Bertz CT molecular complexity index is 1110. The molecule has 2 saturated heterocycles. The number of hydrogen-bond donors (Lipinski definition) is 7. The summed E-state index contributed by atoms with van der Waals surface area (Å²) in [4.78, 5) is 11.6. The molecule has 212 valence electrons. The Morgan fingerprint density at radius 2 is 1.47 bits per heavy atom. The molecule has 0 aliphatic carbocycles. The van der Waals surface area contributed by atoms with Crippen LogP contribution in [0.4, 0.5) is 0 Å². The standard InChI is InChI=1S/C14H25NO18S3/c1-29-9-7(17)11(35(23,24)25)14(33-10(9)12(18)19)32-8-4(3-34(20,21)22)31-13(30-2)5(6(8)16)15-36(26,27)28/h4-11,13-17H,3H2,1-2H3,(H,18,19)(H,20,21,22)(H,23,24,25)(H,26,27,28)/t4?,5?,6-,7+,8-,9+,10?,11?,13-,14-/m1/s1. The molecule has 4 unspecified atom stereocenters. The molecule has 0 amide bonds. The lowest BCUT2D eigenvalue weighted by molar-refractivity contribution is -0.313. The summed E-state index contributed by atoms with van der Waals surface area (Å²) in [6.07, 6.45) is -17.0. The van der Waals surface area contributed by atoms with Gasteiger partial charge in [0.1, 0.15) is 42.3 Å². The van der Waals surface area contributed by atoms with Gasteiger partial charge in [0.15, 0.2) is 23.9 Å². The van der Waals surface area contributed by atoms with Crippen molar-refractivity contribution in [3.05, 3.63) is 0 Å². The van der Waals surface area contributed by atoms with Crippen molar-refractivity contribution < 1.29 is 82.7 Å². The molecule has 2 fully saturated rings. The molecule has 2 aliphatic heterocycles. The smallest absolute Gasteiger partial charge is 0.335 e. The molecule has 0 spiro atoms. The van der Waals surface area contributed by atoms with Crippen LogP contribution >= 0.6 is 0 Å². The molecular weight excluding hydrogens is 566 g/mol. The third-order valence-electron chi connectivity index (χ3n) is 5.24. The van der Waals surface area contributed by atoms with E-state index >= 15 is 0 Å². The maximum atomic E-state index is 12.0. The van der Waals surface area contributed by atoms with Crippen LogP contribution < -0.4 is 4.72 Å². The highest BCUT2D eigenvalue weighted by Crippen LogP contribution is 2.33. The van der Waals surface area contributed by atoms with Crippen LogP contribution in [0.25, 0.3) is 0 Å². The third kappa shape index (κ3) is 7.47. The number of carboxylic acid groups (broad SMARTS) is 1. The second kappa shape index (κ2) is 11.3. The van der Waals surface area contributed by atoms with Gasteiger partial charge in [-0.25, -0.2) is 4.79 Å². The summed E-state index contributed by atoms with van der Waals surface area (Å²) in [6.45, 7) is 0. The number of hydrogen-bond acceptors (Lipinski definition) is 14. The van der Waals surface area contributed by atoms with Crippen molar-refractivity contribution >= 4 is 36.5 Å². The largest absolute Gasteiger partial charge is 0.479 e. The van der Waals surface area contributed by atoms with Gasteiger partial charge >= 0.3 is 16.3 Å². The Morgan fingerprint density at radius 1 is 0.889 bits per heavy atom. The molecule has 2 rings (SSSR count). The Labute approximate surface area is 204 Å². The normalized spacial score (nSPS) is 38.5. The highest BCUT2D eigenvalue weighted by molar-refractivity contribution is 7.86. The maximum absolute atomic E-state index is 12.0. The zero-order valence-corrected chi connectivity index (χ0v) is 20.7. The van der Waals surface area contributed by atoms with Crippen LogP contribution in [0.5, 0.6) is 0 Å². The van der Waals surface area contributed by atoms with Crippen molar-refractivity contribution in [3.8, 4) is 0 Å². The van der Waals surface area contributed by atoms with Crippen LogP contribution in [0.1, 0.15) is 0 Å². The number of aliphatic hydroxyl groups excluding tert-OH is 2. The Hall–Kier alpha value is -1.12. The van der Waals surface area contributed by atoms with E-state index in [9.17, 15) is 54.5 Å². The predicted molar refractivity (Wildman–Crippen MR) is 110 cm³/mol. The summed E-state index contributed by atoms with van der Waals surface area (Å²) in [5.74, 6) is -3.15. The number of carbonyl (C=O) groups is 1. The minimum Gasteiger partial charge on any atom is -0.479 e. The van der Waals surface area contributed by atoms with Crippen LogP contribution in [0.2, 0.25) is 0 Å². The second-order valence-electron chi connectivity index (χ2n) is 7.67. The average Bonchev–Trinajstić information content (AvgIpc) is 2.69. The monoisotopic (exact) mass is 591 g/mol. The van der Waals surface area contributed by atoms with E-state index < -0.39 is 103 Å². The number of nitrogens with one attached hydrogen (secondary N) is 1. The van der Waals surface area contributed by atoms with Gasteiger partial charge in [0, 0.05) is 14.2 Å². The van der Waals surface area contributed by atoms with Crippen LogP contribution in [-0.2, 0) is 59.0 Å². The maximum Gasteiger partial charge on any atom is 0.335 e. The molecule has 2 aliphatic rings. The quantitative estimate of drug-likeness (QED) is 0.117. The second-order valence-corrected chi connectivity index (χ2v) is 11.9. The minimum absolute atomic E-state index is 0.896. The van der Waals surface area contributed by atoms with Crippen molar-refractivity contribution in [2.45, 2.75) is 60.5 Å². The summed E-state index contributed by atoms with van der Waals surface area (Å²) < 4.78 is 124. The zero-order valence-electron chi connectivity index (χ0n) is 18.3. The van der Waals surface area contributed by atoms with E-state index in [0.29, 0.717) is 0 Å². The Kier molecular flexibility index (Phi) is 9.78. The molecule has 0 saturated carbocycles. The molecule has 0 aromatic heterocycles. The Balaban J connectivity index is 2.55. The molecule has 0 aromatic carbocycles. The number of aliphatic hydroxyl groups is 2. The fourth-order valence-corrected chi connectivity index (χ4v) is 5.99. The van der Waals surface area contributed by atoms with Crippen molar-refractivity contribution in [3.63, 3.8) is 0 Å². The lowest BCUT2D eigenvalue weighted by atomic mass is 9.97. The lowest BCUT2D eigenvalue weighted by Crippen LogP contribution is -2.68. The van der Waals surface area contributed by atoms with Crippen LogP contribution in [0.3, 0.4) is 0 Å². The van der Waals surface area contributed by atoms with Crippen molar-refractivity contribution in [1.82, 2.24) is 4.72 Å². The van der Waals surface area contributed by atoms with Crippen LogP contribution in [-0.4, -0.2) is 141 Å². The summed E-state index contributed by atoms with van der Waals surface area (Å²) in [5, 5.41) is 28.1. The number of aliphatic carboxylic acids is 1. The van der Waals surface area contributed by atoms with Gasteiger partial charge in [0.2, 0.25) is 0 Å². The fourth-order valence-electron chi connectivity index (χ4n) is 3.80. The topological polar surface area (TPSA) is 299 Å². The molecule has 10 atom stereocenters. The van der Waals surface area contributed by atoms with E-state index in [2.05, 4.69) is 0 Å². The number of carboxylic acids is 1. The van der Waals surface area contributed by atoms with E-state index in [1.807, 2.05) is 0 Å². The van der Waals surface area contributed by atoms with Gasteiger partial charge in [-0.1, -0.05) is 0 Å². The van der Waals surface area contributed by atoms with Gasteiger partial charge in [-0.05, 0) is 0 Å². The van der Waals surface area contributed by atoms with Crippen LogP contribution in [0, 0.1) is 0 Å². The molecule has 19 nitrogen and oxygen atoms in total. The highest BCUT2D eigenvalue weighted by Gasteiger charge is 2.57. The van der Waals surface area contributed by atoms with E-state index in [0.717, 1.165) is 14.2 Å². The third-order valence-corrected chi connectivity index (χ3v) is 7.75. The van der Waals surface area contributed by atoms with E-state index in [-0.39, 0.29) is 0 Å². The van der Waals surface area contributed by atoms with Gasteiger partial charge in [0.25, 0.3) is 20.2 Å². The van der Waals surface area contributed by atoms with Gasteiger partial charge in [-0.15, -0.1) is 0 Å². The Morgan fingerprint density at radius 3 is 1.89 bits per heavy atom. The fraction of sp³-hybridized carbons (Fsp3) is 0.929. The first-order valence-corrected chi connectivity index (χ1v) is 14.1. The first kappa shape index (κ1) is 31.1. The summed E-state index contributed by atoms with van der Waals surface area (Å²) in [5.41, 5.74) is 0. The van der Waals surface area contributed by atoms with E-state index in [4.69, 9.17) is 28.2 Å². The zero-order chi connectivity index (χ0) is 27.8. The molecule has 7 N–H and O–H groups in total. The van der Waals surface area contributed by atoms with Crippen molar-refractivity contribution in [1.29, 1.82) is 0 Å². The highest BCUT2D eigenvalue weighted by atomic mass is 32.2. The number of rotatable bonds is 10. The average molecular weight is 592 g/mol. The lowest BCUT2D eigenvalue weighted by Gasteiger charge is -2.47.